The molecule has 0 aliphatic heterocycles. The minimum absolute atomic E-state index is 0.469. The molecule has 0 bridgehead atoms. The van der Waals surface area contributed by atoms with Crippen LogP contribution in [0.4, 0.5) is 0 Å². The van der Waals surface area contributed by atoms with E-state index in [4.69, 9.17) is 23.2 Å². The molecule has 0 atom stereocenters. The number of nitrogens with one attached hydrogen (secondary N) is 1. The molecule has 2 aromatic carbocycles. The average Bonchev–Trinajstić information content (AvgIpc) is 2.41. The second-order valence-corrected chi connectivity index (χ2v) is 6.82. The summed E-state index contributed by atoms with van der Waals surface area (Å²) in [5.74, 6) is 0. The van der Waals surface area contributed by atoms with Crippen molar-refractivity contribution in [2.75, 3.05) is 0 Å². The molecular weight excluding hydrogens is 309 g/mol. The predicted molar refractivity (Wildman–Crippen MR) is 89.0 cm³/mol. The zero-order valence-corrected chi connectivity index (χ0v) is 13.8. The van der Waals surface area contributed by atoms with Gasteiger partial charge in [0.1, 0.15) is 0 Å². The molecule has 1 N–H and O–H groups in total. The highest BCUT2D eigenvalue weighted by molar-refractivity contribution is 7.99. The fourth-order valence-corrected chi connectivity index (χ4v) is 2.95. The van der Waals surface area contributed by atoms with Gasteiger partial charge in [0.2, 0.25) is 0 Å². The largest absolute Gasteiger partial charge is 0.310 e. The second kappa shape index (κ2) is 7.37. The minimum atomic E-state index is 0.469. The molecule has 2 aromatic rings. The van der Waals surface area contributed by atoms with Crippen molar-refractivity contribution in [2.45, 2.75) is 36.2 Å². The van der Waals surface area contributed by atoms with E-state index in [1.807, 2.05) is 30.3 Å². The molecule has 2 rings (SSSR count). The van der Waals surface area contributed by atoms with Gasteiger partial charge < -0.3 is 5.32 Å². The number of rotatable bonds is 5. The molecule has 20 heavy (non-hydrogen) atoms. The van der Waals surface area contributed by atoms with Crippen molar-refractivity contribution in [1.29, 1.82) is 0 Å². The number of halogens is 2. The molecule has 1 nitrogen and oxygen atoms in total. The molecule has 0 saturated carbocycles. The maximum atomic E-state index is 6.35. The van der Waals surface area contributed by atoms with E-state index in [0.29, 0.717) is 6.04 Å². The second-order valence-electron chi connectivity index (χ2n) is 4.86. The Kier molecular flexibility index (Phi) is 5.79. The van der Waals surface area contributed by atoms with Crippen LogP contribution >= 0.6 is 35.0 Å². The summed E-state index contributed by atoms with van der Waals surface area (Å²) < 4.78 is 0. The van der Waals surface area contributed by atoms with Gasteiger partial charge in [-0.2, -0.15) is 0 Å². The van der Waals surface area contributed by atoms with E-state index in [0.717, 1.165) is 26.4 Å². The van der Waals surface area contributed by atoms with Crippen LogP contribution in [0.5, 0.6) is 0 Å². The first-order valence-corrected chi connectivity index (χ1v) is 8.07. The van der Waals surface area contributed by atoms with Gasteiger partial charge in [-0.15, -0.1) is 0 Å². The van der Waals surface area contributed by atoms with Crippen molar-refractivity contribution >= 4 is 35.0 Å². The van der Waals surface area contributed by atoms with Crippen LogP contribution in [0.15, 0.2) is 52.3 Å². The first-order chi connectivity index (χ1) is 9.54. The molecule has 0 aliphatic rings. The average molecular weight is 326 g/mol. The van der Waals surface area contributed by atoms with Crippen LogP contribution in [0.25, 0.3) is 0 Å². The Labute approximate surface area is 134 Å². The molecule has 0 radical (unpaired) electrons. The van der Waals surface area contributed by atoms with Crippen LogP contribution in [-0.2, 0) is 6.54 Å². The molecule has 0 heterocycles. The van der Waals surface area contributed by atoms with Gasteiger partial charge in [-0.05, 0) is 42.0 Å². The Morgan fingerprint density at radius 3 is 2.35 bits per heavy atom. The lowest BCUT2D eigenvalue weighted by atomic mass is 10.2. The third kappa shape index (κ3) is 4.71. The highest BCUT2D eigenvalue weighted by Gasteiger charge is 2.05. The Hall–Kier alpha value is -0.670. The maximum Gasteiger partial charge on any atom is 0.0548 e. The van der Waals surface area contributed by atoms with Crippen LogP contribution in [0.1, 0.15) is 19.4 Å². The number of hydrogen-bond acceptors (Lipinski definition) is 2. The molecule has 0 spiro atoms. The lowest BCUT2D eigenvalue weighted by Crippen LogP contribution is -2.21. The lowest BCUT2D eigenvalue weighted by molar-refractivity contribution is 0.589. The highest BCUT2D eigenvalue weighted by atomic mass is 35.5. The molecule has 0 saturated heterocycles. The number of benzene rings is 2. The van der Waals surface area contributed by atoms with E-state index in [2.05, 4.69) is 31.3 Å². The van der Waals surface area contributed by atoms with Crippen LogP contribution < -0.4 is 5.32 Å². The van der Waals surface area contributed by atoms with E-state index < -0.39 is 0 Å². The predicted octanol–water partition coefficient (Wildman–Crippen LogP) is 5.64. The highest BCUT2D eigenvalue weighted by Crippen LogP contribution is 2.34. The van der Waals surface area contributed by atoms with E-state index in [1.54, 1.807) is 11.8 Å². The molecule has 0 unspecified atom stereocenters. The van der Waals surface area contributed by atoms with Gasteiger partial charge in [-0.1, -0.05) is 54.9 Å². The number of hydrogen-bond donors (Lipinski definition) is 1. The summed E-state index contributed by atoms with van der Waals surface area (Å²) in [6.07, 6.45) is 0. The van der Waals surface area contributed by atoms with Crippen LogP contribution in [0.3, 0.4) is 0 Å². The third-order valence-electron chi connectivity index (χ3n) is 2.75. The minimum Gasteiger partial charge on any atom is -0.310 e. The van der Waals surface area contributed by atoms with Gasteiger partial charge in [-0.3, -0.25) is 0 Å². The van der Waals surface area contributed by atoms with Crippen molar-refractivity contribution in [3.63, 3.8) is 0 Å². The normalized spacial score (nSPS) is 11.1. The molecule has 106 valence electrons. The maximum absolute atomic E-state index is 6.35. The quantitative estimate of drug-likeness (QED) is 0.763. The fraction of sp³-hybridized carbons (Fsp3) is 0.250. The van der Waals surface area contributed by atoms with Gasteiger partial charge in [0, 0.05) is 27.4 Å². The fourth-order valence-electron chi connectivity index (χ4n) is 1.69. The lowest BCUT2D eigenvalue weighted by Gasteiger charge is -2.10. The summed E-state index contributed by atoms with van der Waals surface area (Å²) in [7, 11) is 0. The van der Waals surface area contributed by atoms with Gasteiger partial charge in [0.15, 0.2) is 0 Å². The molecule has 0 fully saturated rings. The molecule has 0 aliphatic carbocycles. The Bertz CT molecular complexity index is 567. The molecule has 0 aromatic heterocycles. The first-order valence-electron chi connectivity index (χ1n) is 6.50. The van der Waals surface area contributed by atoms with Crippen LogP contribution in [0.2, 0.25) is 10.0 Å². The Balaban J connectivity index is 2.07. The first kappa shape index (κ1) is 15.7. The van der Waals surface area contributed by atoms with E-state index in [9.17, 15) is 0 Å². The molecule has 4 heteroatoms. The van der Waals surface area contributed by atoms with Crippen molar-refractivity contribution in [2.24, 2.45) is 0 Å². The van der Waals surface area contributed by atoms with E-state index >= 15 is 0 Å². The standard InChI is InChI=1S/C16H17Cl2NS/c1-11(2)19-10-12-3-8-16(15(18)9-12)20-14-6-4-13(17)5-7-14/h3-9,11,19H,10H2,1-2H3. The van der Waals surface area contributed by atoms with Crippen LogP contribution in [-0.4, -0.2) is 6.04 Å². The van der Waals surface area contributed by atoms with Crippen LogP contribution in [0, 0.1) is 0 Å². The Morgan fingerprint density at radius 2 is 1.75 bits per heavy atom. The summed E-state index contributed by atoms with van der Waals surface area (Å²) in [6, 6.07) is 14.4. The van der Waals surface area contributed by atoms with Crippen molar-refractivity contribution in [3.05, 3.63) is 58.1 Å². The van der Waals surface area contributed by atoms with Gasteiger partial charge in [0.25, 0.3) is 0 Å². The summed E-state index contributed by atoms with van der Waals surface area (Å²) in [6.45, 7) is 5.10. The van der Waals surface area contributed by atoms with Gasteiger partial charge >= 0.3 is 0 Å². The molecule has 0 amide bonds. The van der Waals surface area contributed by atoms with Crippen molar-refractivity contribution < 1.29 is 0 Å². The monoisotopic (exact) mass is 325 g/mol. The van der Waals surface area contributed by atoms with Gasteiger partial charge in [-0.25, -0.2) is 0 Å². The third-order valence-corrected chi connectivity index (χ3v) is 4.51. The zero-order chi connectivity index (χ0) is 14.5. The van der Waals surface area contributed by atoms with Gasteiger partial charge in [0.05, 0.1) is 5.02 Å². The SMILES string of the molecule is CC(C)NCc1ccc(Sc2ccc(Cl)cc2)c(Cl)c1. The Morgan fingerprint density at radius 1 is 1.05 bits per heavy atom. The smallest absolute Gasteiger partial charge is 0.0548 e. The van der Waals surface area contributed by atoms with Crippen molar-refractivity contribution in [1.82, 2.24) is 5.32 Å². The van der Waals surface area contributed by atoms with Crippen molar-refractivity contribution in [3.8, 4) is 0 Å². The van der Waals surface area contributed by atoms with E-state index in [1.165, 1.54) is 5.56 Å². The summed E-state index contributed by atoms with van der Waals surface area (Å²) in [5.41, 5.74) is 1.20. The zero-order valence-electron chi connectivity index (χ0n) is 11.5. The van der Waals surface area contributed by atoms with E-state index in [-0.39, 0.29) is 0 Å². The summed E-state index contributed by atoms with van der Waals surface area (Å²) in [4.78, 5) is 2.19. The molecular formula is C16H17Cl2NS. The topological polar surface area (TPSA) is 12.0 Å². The summed E-state index contributed by atoms with van der Waals surface area (Å²) >= 11 is 13.9. The summed E-state index contributed by atoms with van der Waals surface area (Å²) in [5, 5.41) is 4.92.